The fourth-order valence-corrected chi connectivity index (χ4v) is 2.29. The molecule has 0 amide bonds. The minimum absolute atomic E-state index is 0.719. The van der Waals surface area contributed by atoms with E-state index in [-0.39, 0.29) is 0 Å². The Balaban J connectivity index is 2.04. The molecule has 0 bridgehead atoms. The number of aromatic nitrogens is 3. The van der Waals surface area contributed by atoms with Gasteiger partial charge in [0.1, 0.15) is 0 Å². The van der Waals surface area contributed by atoms with Gasteiger partial charge in [-0.3, -0.25) is 0 Å². The van der Waals surface area contributed by atoms with Gasteiger partial charge >= 0.3 is 0 Å². The van der Waals surface area contributed by atoms with Crippen molar-refractivity contribution in [1.29, 1.82) is 0 Å². The van der Waals surface area contributed by atoms with E-state index in [1.807, 2.05) is 16.8 Å². The van der Waals surface area contributed by atoms with E-state index in [9.17, 15) is 0 Å². The second-order valence-corrected chi connectivity index (χ2v) is 4.00. The highest BCUT2D eigenvalue weighted by Gasteiger charge is 2.17. The normalized spacial score (nSPS) is 18.0. The van der Waals surface area contributed by atoms with E-state index < -0.39 is 0 Å². The maximum atomic E-state index is 4.39. The molecule has 0 atom stereocenters. The molecule has 2 aromatic rings. The van der Waals surface area contributed by atoms with Crippen molar-refractivity contribution in [2.45, 2.75) is 31.6 Å². The zero-order chi connectivity index (χ0) is 9.38. The fraction of sp³-hybridized carbons (Fsp3) is 0.455. The average Bonchev–Trinajstić information content (AvgIpc) is 2.88. The number of hydrogen-bond acceptors (Lipinski definition) is 2. The quantitative estimate of drug-likeness (QED) is 0.686. The Morgan fingerprint density at radius 2 is 2.14 bits per heavy atom. The Kier molecular flexibility index (Phi) is 1.76. The summed E-state index contributed by atoms with van der Waals surface area (Å²) in [6.07, 6.45) is 11.3. The van der Waals surface area contributed by atoms with Crippen LogP contribution in [0.1, 0.15) is 37.2 Å². The van der Waals surface area contributed by atoms with Crippen LogP contribution < -0.4 is 0 Å². The van der Waals surface area contributed by atoms with Gasteiger partial charge in [0.05, 0.1) is 6.20 Å². The summed E-state index contributed by atoms with van der Waals surface area (Å²) >= 11 is 0. The maximum absolute atomic E-state index is 4.39. The molecule has 0 spiro atoms. The molecule has 72 valence electrons. The van der Waals surface area contributed by atoms with Crippen molar-refractivity contribution >= 4 is 5.65 Å². The van der Waals surface area contributed by atoms with Crippen molar-refractivity contribution in [1.82, 2.24) is 14.6 Å². The Morgan fingerprint density at radius 1 is 1.29 bits per heavy atom. The van der Waals surface area contributed by atoms with Crippen LogP contribution in [0.15, 0.2) is 24.7 Å². The number of fused-ring (bicyclic) bond motifs is 1. The van der Waals surface area contributed by atoms with Crippen LogP contribution >= 0.6 is 0 Å². The van der Waals surface area contributed by atoms with Crippen LogP contribution in [0, 0.1) is 0 Å². The molecule has 0 aromatic carbocycles. The van der Waals surface area contributed by atoms with Gasteiger partial charge in [-0.1, -0.05) is 12.8 Å². The molecule has 3 nitrogen and oxygen atoms in total. The van der Waals surface area contributed by atoms with Crippen molar-refractivity contribution in [3.8, 4) is 0 Å². The van der Waals surface area contributed by atoms with Gasteiger partial charge in [0.25, 0.3) is 0 Å². The number of nitrogens with zero attached hydrogens (tertiary/aromatic N) is 3. The third-order valence-electron chi connectivity index (χ3n) is 3.09. The van der Waals surface area contributed by atoms with Crippen molar-refractivity contribution in [2.75, 3.05) is 0 Å². The highest BCUT2D eigenvalue weighted by molar-refractivity contribution is 5.36. The van der Waals surface area contributed by atoms with Crippen LogP contribution in [-0.4, -0.2) is 14.6 Å². The first-order chi connectivity index (χ1) is 6.93. The van der Waals surface area contributed by atoms with Gasteiger partial charge in [-0.05, 0) is 24.3 Å². The van der Waals surface area contributed by atoms with Gasteiger partial charge in [0, 0.05) is 18.5 Å². The summed E-state index contributed by atoms with van der Waals surface area (Å²) in [5, 5.41) is 4.20. The summed E-state index contributed by atoms with van der Waals surface area (Å²) in [6, 6.07) is 1.93. The van der Waals surface area contributed by atoms with Crippen LogP contribution in [0.2, 0.25) is 0 Å². The molecule has 0 aliphatic heterocycles. The number of hydrogen-bond donors (Lipinski definition) is 0. The molecule has 1 fully saturated rings. The zero-order valence-corrected chi connectivity index (χ0v) is 8.06. The van der Waals surface area contributed by atoms with Crippen LogP contribution in [0.3, 0.4) is 0 Å². The highest BCUT2D eigenvalue weighted by Crippen LogP contribution is 2.33. The summed E-state index contributed by atoms with van der Waals surface area (Å²) in [4.78, 5) is 4.39. The van der Waals surface area contributed by atoms with E-state index >= 15 is 0 Å². The predicted molar refractivity (Wildman–Crippen MR) is 54.2 cm³/mol. The lowest BCUT2D eigenvalue weighted by Crippen LogP contribution is -1.98. The lowest BCUT2D eigenvalue weighted by molar-refractivity contribution is 0.707. The van der Waals surface area contributed by atoms with Gasteiger partial charge in [-0.15, -0.1) is 0 Å². The van der Waals surface area contributed by atoms with E-state index in [0.717, 1.165) is 11.6 Å². The second kappa shape index (κ2) is 3.08. The minimum atomic E-state index is 0.719. The van der Waals surface area contributed by atoms with Gasteiger partial charge in [-0.2, -0.15) is 5.10 Å². The van der Waals surface area contributed by atoms with E-state index in [0.29, 0.717) is 0 Å². The summed E-state index contributed by atoms with van der Waals surface area (Å²) in [6.45, 7) is 0. The van der Waals surface area contributed by atoms with E-state index in [1.165, 1.54) is 31.2 Å². The largest absolute Gasteiger partial charge is 0.237 e. The molecule has 1 aliphatic rings. The summed E-state index contributed by atoms with van der Waals surface area (Å²) in [5.74, 6) is 0.719. The lowest BCUT2D eigenvalue weighted by atomic mass is 10.0. The smallest absolute Gasteiger partial charge is 0.154 e. The predicted octanol–water partition coefficient (Wildman–Crippen LogP) is 2.39. The van der Waals surface area contributed by atoms with Gasteiger partial charge in [0.2, 0.25) is 0 Å². The molecule has 0 N–H and O–H groups in total. The van der Waals surface area contributed by atoms with E-state index in [4.69, 9.17) is 0 Å². The molecule has 1 saturated carbocycles. The monoisotopic (exact) mass is 187 g/mol. The standard InChI is InChI=1S/C11H13N3/c1-2-4-9(3-1)10-7-12-11-5-6-13-14(11)8-10/h5-9H,1-4H2. The summed E-state index contributed by atoms with van der Waals surface area (Å²) < 4.78 is 1.87. The first-order valence-electron chi connectivity index (χ1n) is 5.23. The van der Waals surface area contributed by atoms with Crippen LogP contribution in [0.4, 0.5) is 0 Å². The van der Waals surface area contributed by atoms with Crippen molar-refractivity contribution in [3.05, 3.63) is 30.2 Å². The Labute approximate surface area is 82.8 Å². The molecule has 2 heterocycles. The Bertz CT molecular complexity index is 440. The molecule has 0 unspecified atom stereocenters. The average molecular weight is 187 g/mol. The summed E-state index contributed by atoms with van der Waals surface area (Å²) in [7, 11) is 0. The molecule has 14 heavy (non-hydrogen) atoms. The summed E-state index contributed by atoms with van der Waals surface area (Å²) in [5.41, 5.74) is 2.28. The molecular weight excluding hydrogens is 174 g/mol. The molecule has 1 aliphatic carbocycles. The van der Waals surface area contributed by atoms with Crippen molar-refractivity contribution < 1.29 is 0 Å². The highest BCUT2D eigenvalue weighted by atomic mass is 15.2. The molecule has 0 radical (unpaired) electrons. The fourth-order valence-electron chi connectivity index (χ4n) is 2.29. The molecule has 0 saturated heterocycles. The molecule has 3 rings (SSSR count). The zero-order valence-electron chi connectivity index (χ0n) is 8.06. The first kappa shape index (κ1) is 7.97. The van der Waals surface area contributed by atoms with Crippen LogP contribution in [0.5, 0.6) is 0 Å². The van der Waals surface area contributed by atoms with Gasteiger partial charge in [-0.25, -0.2) is 9.50 Å². The minimum Gasteiger partial charge on any atom is -0.237 e. The van der Waals surface area contributed by atoms with Crippen LogP contribution in [-0.2, 0) is 0 Å². The lowest BCUT2D eigenvalue weighted by Gasteiger charge is -2.08. The maximum Gasteiger partial charge on any atom is 0.154 e. The third kappa shape index (κ3) is 1.20. The third-order valence-corrected chi connectivity index (χ3v) is 3.09. The SMILES string of the molecule is c1cc2ncc(C3CCCC3)cn2n1. The van der Waals surface area contributed by atoms with Gasteiger partial charge in [0.15, 0.2) is 5.65 Å². The number of rotatable bonds is 1. The molecule has 3 heteroatoms. The van der Waals surface area contributed by atoms with Crippen molar-refractivity contribution in [3.63, 3.8) is 0 Å². The molecular formula is C11H13N3. The van der Waals surface area contributed by atoms with Gasteiger partial charge < -0.3 is 0 Å². The Hall–Kier alpha value is -1.38. The second-order valence-electron chi connectivity index (χ2n) is 4.00. The first-order valence-corrected chi connectivity index (χ1v) is 5.23. The van der Waals surface area contributed by atoms with Crippen molar-refractivity contribution in [2.24, 2.45) is 0 Å². The molecule has 2 aromatic heterocycles. The van der Waals surface area contributed by atoms with Crippen LogP contribution in [0.25, 0.3) is 5.65 Å². The topological polar surface area (TPSA) is 30.2 Å². The van der Waals surface area contributed by atoms with E-state index in [1.54, 1.807) is 6.20 Å². The van der Waals surface area contributed by atoms with E-state index in [2.05, 4.69) is 16.3 Å². The Morgan fingerprint density at radius 3 is 3.00 bits per heavy atom.